The first kappa shape index (κ1) is 14.1. The second-order valence-electron chi connectivity index (χ2n) is 2.74. The van der Waals surface area contributed by atoms with Gasteiger partial charge < -0.3 is 15.7 Å². The summed E-state index contributed by atoms with van der Waals surface area (Å²) in [5.41, 5.74) is 5.17. The van der Waals surface area contributed by atoms with Crippen molar-refractivity contribution in [3.8, 4) is 0 Å². The number of likely N-dealkylation sites (N-methyl/N-ethyl adjacent to an activating group) is 1. The number of methoxy groups -OCH3 is 1. The van der Waals surface area contributed by atoms with Crippen LogP contribution in [-0.2, 0) is 14.9 Å². The van der Waals surface area contributed by atoms with Crippen molar-refractivity contribution in [1.82, 2.24) is 9.03 Å². The summed E-state index contributed by atoms with van der Waals surface area (Å²) in [6, 6.07) is 0. The molecule has 4 N–H and O–H groups in total. The van der Waals surface area contributed by atoms with Crippen molar-refractivity contribution in [1.29, 1.82) is 0 Å². The predicted molar refractivity (Wildman–Crippen MR) is 54.8 cm³/mol. The van der Waals surface area contributed by atoms with E-state index in [1.165, 1.54) is 14.2 Å². The summed E-state index contributed by atoms with van der Waals surface area (Å²) in [6.07, 6.45) is 0. The lowest BCUT2D eigenvalue weighted by Gasteiger charge is -2.16. The molecule has 8 nitrogen and oxygen atoms in total. The molecule has 0 saturated carbocycles. The molecule has 0 aromatic rings. The molecule has 0 aliphatic rings. The van der Waals surface area contributed by atoms with Gasteiger partial charge in [-0.1, -0.05) is 5.16 Å². The molecule has 15 heavy (non-hydrogen) atoms. The molecule has 0 radical (unpaired) electrons. The first-order valence-corrected chi connectivity index (χ1v) is 5.54. The molecule has 0 aromatic heterocycles. The van der Waals surface area contributed by atoms with Crippen LogP contribution in [0.4, 0.5) is 0 Å². The third kappa shape index (κ3) is 5.52. The highest BCUT2D eigenvalue weighted by Gasteiger charge is 2.17. The van der Waals surface area contributed by atoms with E-state index in [2.05, 4.69) is 14.6 Å². The van der Waals surface area contributed by atoms with E-state index in [4.69, 9.17) is 10.9 Å². The maximum atomic E-state index is 11.4. The minimum Gasteiger partial charge on any atom is -0.409 e. The van der Waals surface area contributed by atoms with Gasteiger partial charge in [-0.3, -0.25) is 0 Å². The van der Waals surface area contributed by atoms with Gasteiger partial charge in [-0.15, -0.1) is 0 Å². The van der Waals surface area contributed by atoms with Crippen LogP contribution in [0.25, 0.3) is 0 Å². The smallest absolute Gasteiger partial charge is 0.279 e. The molecule has 0 saturated heterocycles. The van der Waals surface area contributed by atoms with E-state index in [1.54, 1.807) is 0 Å². The van der Waals surface area contributed by atoms with Gasteiger partial charge in [0.1, 0.15) is 0 Å². The normalized spacial score (nSPS) is 13.4. The number of oxime groups is 1. The Labute approximate surface area is 88.9 Å². The molecule has 0 bridgehead atoms. The quantitative estimate of drug-likeness (QED) is 0.159. The van der Waals surface area contributed by atoms with E-state index in [0.717, 1.165) is 4.31 Å². The fourth-order valence-corrected chi connectivity index (χ4v) is 1.59. The summed E-state index contributed by atoms with van der Waals surface area (Å²) in [7, 11) is -0.827. The molecule has 0 fully saturated rings. The van der Waals surface area contributed by atoms with Crippen molar-refractivity contribution >= 4 is 16.0 Å². The number of ether oxygens (including phenoxy) is 1. The predicted octanol–water partition coefficient (Wildman–Crippen LogP) is -1.85. The first-order valence-electron chi connectivity index (χ1n) is 4.10. The molecule has 0 heterocycles. The monoisotopic (exact) mass is 240 g/mol. The van der Waals surface area contributed by atoms with Gasteiger partial charge in [-0.25, -0.2) is 0 Å². The van der Waals surface area contributed by atoms with Crippen LogP contribution in [-0.4, -0.2) is 57.6 Å². The van der Waals surface area contributed by atoms with E-state index in [-0.39, 0.29) is 25.5 Å². The van der Waals surface area contributed by atoms with Crippen molar-refractivity contribution in [3.63, 3.8) is 0 Å². The van der Waals surface area contributed by atoms with Gasteiger partial charge in [0.05, 0.1) is 13.2 Å². The summed E-state index contributed by atoms with van der Waals surface area (Å²) in [5.74, 6) is -0.186. The Morgan fingerprint density at radius 3 is 2.73 bits per heavy atom. The minimum atomic E-state index is -3.61. The van der Waals surface area contributed by atoms with Crippen molar-refractivity contribution in [2.75, 3.05) is 33.9 Å². The van der Waals surface area contributed by atoms with Gasteiger partial charge in [-0.05, 0) is 0 Å². The molecule has 0 aliphatic carbocycles. The first-order chi connectivity index (χ1) is 6.94. The van der Waals surface area contributed by atoms with Crippen molar-refractivity contribution < 1.29 is 18.4 Å². The Morgan fingerprint density at radius 1 is 1.67 bits per heavy atom. The van der Waals surface area contributed by atoms with Crippen molar-refractivity contribution in [2.45, 2.75) is 0 Å². The van der Waals surface area contributed by atoms with Crippen LogP contribution in [0.15, 0.2) is 5.16 Å². The molecule has 9 heteroatoms. The lowest BCUT2D eigenvalue weighted by Crippen LogP contribution is -2.43. The van der Waals surface area contributed by atoms with Crippen LogP contribution < -0.4 is 10.5 Å². The Hall–Kier alpha value is -0.900. The topological polar surface area (TPSA) is 117 Å². The summed E-state index contributed by atoms with van der Waals surface area (Å²) < 4.78 is 30.7. The highest BCUT2D eigenvalue weighted by molar-refractivity contribution is 7.87. The van der Waals surface area contributed by atoms with Crippen LogP contribution in [0.5, 0.6) is 0 Å². The van der Waals surface area contributed by atoms with Gasteiger partial charge >= 0.3 is 0 Å². The average Bonchev–Trinajstić information content (AvgIpc) is 2.17. The fraction of sp³-hybridized carbons (Fsp3) is 0.833. The van der Waals surface area contributed by atoms with Gasteiger partial charge in [0.25, 0.3) is 10.2 Å². The SMILES string of the molecule is COCCNS(=O)(=O)N(C)CC(N)=NO. The third-order valence-electron chi connectivity index (χ3n) is 1.51. The van der Waals surface area contributed by atoms with Crippen LogP contribution in [0.3, 0.4) is 0 Å². The molecule has 0 amide bonds. The van der Waals surface area contributed by atoms with E-state index < -0.39 is 10.2 Å². The average molecular weight is 240 g/mol. The van der Waals surface area contributed by atoms with Crippen LogP contribution in [0, 0.1) is 0 Å². The van der Waals surface area contributed by atoms with E-state index in [9.17, 15) is 8.42 Å². The number of rotatable bonds is 7. The highest BCUT2D eigenvalue weighted by atomic mass is 32.2. The number of nitrogens with zero attached hydrogens (tertiary/aromatic N) is 2. The molecule has 90 valence electrons. The van der Waals surface area contributed by atoms with Gasteiger partial charge in [0, 0.05) is 20.7 Å². The summed E-state index contributed by atoms with van der Waals surface area (Å²) in [6.45, 7) is 0.259. The van der Waals surface area contributed by atoms with E-state index >= 15 is 0 Å². The largest absolute Gasteiger partial charge is 0.409 e. The second kappa shape index (κ2) is 6.56. The summed E-state index contributed by atoms with van der Waals surface area (Å²) in [4.78, 5) is 0. The summed E-state index contributed by atoms with van der Waals surface area (Å²) in [5, 5.41) is 10.9. The standard InChI is InChI=1S/C6H16N4O4S/c1-10(5-6(7)9-11)15(12,13)8-3-4-14-2/h8,11H,3-5H2,1-2H3,(H2,7,9). The molecule has 0 unspecified atom stereocenters. The molecule has 0 spiro atoms. The minimum absolute atomic E-state index is 0.166. The molecular formula is C6H16N4O4S. The molecule has 0 aromatic carbocycles. The Balaban J connectivity index is 4.21. The number of hydrogen-bond acceptors (Lipinski definition) is 5. The summed E-state index contributed by atoms with van der Waals surface area (Å²) >= 11 is 0. The maximum absolute atomic E-state index is 11.4. The van der Waals surface area contributed by atoms with Gasteiger partial charge in [0.2, 0.25) is 0 Å². The highest BCUT2D eigenvalue weighted by Crippen LogP contribution is 1.92. The maximum Gasteiger partial charge on any atom is 0.279 e. The number of amidine groups is 1. The molecule has 0 rings (SSSR count). The Morgan fingerprint density at radius 2 is 2.27 bits per heavy atom. The number of nitrogens with two attached hydrogens (primary N) is 1. The van der Waals surface area contributed by atoms with Crippen LogP contribution in [0.2, 0.25) is 0 Å². The van der Waals surface area contributed by atoms with Gasteiger partial charge in [-0.2, -0.15) is 17.4 Å². The fourth-order valence-electron chi connectivity index (χ4n) is 0.728. The zero-order chi connectivity index (χ0) is 11.9. The van der Waals surface area contributed by atoms with E-state index in [0.29, 0.717) is 0 Å². The van der Waals surface area contributed by atoms with Crippen LogP contribution in [0.1, 0.15) is 0 Å². The second-order valence-corrected chi connectivity index (χ2v) is 4.60. The lowest BCUT2D eigenvalue weighted by molar-refractivity contribution is 0.204. The number of hydrogen-bond donors (Lipinski definition) is 3. The molecule has 0 aliphatic heterocycles. The zero-order valence-corrected chi connectivity index (χ0v) is 9.49. The number of nitrogens with one attached hydrogen (secondary N) is 1. The van der Waals surface area contributed by atoms with Crippen LogP contribution >= 0.6 is 0 Å². The third-order valence-corrected chi connectivity index (χ3v) is 3.03. The van der Waals surface area contributed by atoms with Crippen molar-refractivity contribution in [3.05, 3.63) is 0 Å². The zero-order valence-electron chi connectivity index (χ0n) is 8.67. The lowest BCUT2D eigenvalue weighted by atomic mass is 10.6. The molecule has 0 atom stereocenters. The Bertz CT molecular complexity index is 302. The molecular weight excluding hydrogens is 224 g/mol. The van der Waals surface area contributed by atoms with E-state index in [1.807, 2.05) is 0 Å². The Kier molecular flexibility index (Phi) is 6.17. The van der Waals surface area contributed by atoms with Crippen molar-refractivity contribution in [2.24, 2.45) is 10.9 Å². The van der Waals surface area contributed by atoms with Gasteiger partial charge in [0.15, 0.2) is 5.84 Å².